The number of aliphatic hydroxyl groups is 2. The van der Waals surface area contributed by atoms with Gasteiger partial charge in [0.05, 0.1) is 13.2 Å². The molecule has 0 amide bonds. The lowest BCUT2D eigenvalue weighted by Crippen LogP contribution is -2.31. The molecule has 0 bridgehead atoms. The molecule has 2 N–H and O–H groups in total. The molecule has 20 heavy (non-hydrogen) atoms. The zero-order chi connectivity index (χ0) is 14.4. The predicted octanol–water partition coefficient (Wildman–Crippen LogP) is 0.0157. The van der Waals surface area contributed by atoms with Crippen molar-refractivity contribution in [3.05, 3.63) is 30.5 Å². The summed E-state index contributed by atoms with van der Waals surface area (Å²) >= 11 is 0. The number of anilines is 1. The fourth-order valence-electron chi connectivity index (χ4n) is 1.98. The summed E-state index contributed by atoms with van der Waals surface area (Å²) in [6.45, 7) is 2.77. The maximum atomic E-state index is 9.07. The van der Waals surface area contributed by atoms with Crippen molar-refractivity contribution in [3.8, 4) is 5.82 Å². The summed E-state index contributed by atoms with van der Waals surface area (Å²) in [4.78, 5) is 14.7. The van der Waals surface area contributed by atoms with Crippen molar-refractivity contribution < 1.29 is 10.2 Å². The summed E-state index contributed by atoms with van der Waals surface area (Å²) in [5.74, 6) is 2.14. The number of hydrogen-bond acceptors (Lipinski definition) is 6. The van der Waals surface area contributed by atoms with Crippen molar-refractivity contribution in [2.24, 2.45) is 0 Å². The monoisotopic (exact) mass is 277 g/mol. The molecule has 0 aliphatic rings. The van der Waals surface area contributed by atoms with Gasteiger partial charge in [-0.25, -0.2) is 9.97 Å². The Balaban J connectivity index is 2.31. The number of rotatable bonds is 7. The highest BCUT2D eigenvalue weighted by atomic mass is 16.3. The van der Waals surface area contributed by atoms with Gasteiger partial charge in [0.1, 0.15) is 11.6 Å². The minimum absolute atomic E-state index is 0.0150. The molecule has 0 unspecified atom stereocenters. The smallest absolute Gasteiger partial charge is 0.227 e. The van der Waals surface area contributed by atoms with E-state index in [1.54, 1.807) is 23.4 Å². The maximum absolute atomic E-state index is 9.07. The largest absolute Gasteiger partial charge is 0.395 e. The van der Waals surface area contributed by atoms with E-state index in [1.165, 1.54) is 0 Å². The van der Waals surface area contributed by atoms with E-state index in [2.05, 4.69) is 15.0 Å². The SMILES string of the molecule is CCc1nccn1-c1ccnc(N(CCO)CCO)n1. The summed E-state index contributed by atoms with van der Waals surface area (Å²) < 4.78 is 1.90. The normalized spacial score (nSPS) is 10.8. The van der Waals surface area contributed by atoms with Gasteiger partial charge < -0.3 is 15.1 Å². The highest BCUT2D eigenvalue weighted by Crippen LogP contribution is 2.12. The van der Waals surface area contributed by atoms with Gasteiger partial charge >= 0.3 is 0 Å². The molecule has 0 aliphatic carbocycles. The second kappa shape index (κ2) is 6.97. The van der Waals surface area contributed by atoms with Crippen LogP contribution in [0.4, 0.5) is 5.95 Å². The first-order valence-corrected chi connectivity index (χ1v) is 6.62. The van der Waals surface area contributed by atoms with Crippen LogP contribution in [0.5, 0.6) is 0 Å². The second-order valence-electron chi connectivity index (χ2n) is 4.22. The lowest BCUT2D eigenvalue weighted by Gasteiger charge is -2.20. The van der Waals surface area contributed by atoms with E-state index < -0.39 is 0 Å². The molecule has 0 saturated heterocycles. The van der Waals surface area contributed by atoms with Gasteiger partial charge in [-0.2, -0.15) is 4.98 Å². The van der Waals surface area contributed by atoms with Crippen molar-refractivity contribution in [3.63, 3.8) is 0 Å². The van der Waals surface area contributed by atoms with E-state index in [9.17, 15) is 0 Å². The quantitative estimate of drug-likeness (QED) is 0.741. The molecule has 0 spiro atoms. The third-order valence-corrected chi connectivity index (χ3v) is 2.93. The number of aromatic nitrogens is 4. The summed E-state index contributed by atoms with van der Waals surface area (Å²) in [6.07, 6.45) is 6.06. The molecule has 0 atom stereocenters. The van der Waals surface area contributed by atoms with Crippen LogP contribution < -0.4 is 4.90 Å². The van der Waals surface area contributed by atoms with Crippen LogP contribution in [0.15, 0.2) is 24.7 Å². The highest BCUT2D eigenvalue weighted by molar-refractivity contribution is 5.35. The van der Waals surface area contributed by atoms with Crippen LogP contribution in [-0.4, -0.2) is 56.0 Å². The molecule has 0 aliphatic heterocycles. The van der Waals surface area contributed by atoms with Gasteiger partial charge in [-0.1, -0.05) is 6.92 Å². The summed E-state index contributed by atoms with van der Waals surface area (Å²) in [6, 6.07) is 1.81. The second-order valence-corrected chi connectivity index (χ2v) is 4.22. The highest BCUT2D eigenvalue weighted by Gasteiger charge is 2.11. The van der Waals surface area contributed by atoms with Gasteiger partial charge in [-0.15, -0.1) is 0 Å². The van der Waals surface area contributed by atoms with Gasteiger partial charge in [-0.05, 0) is 6.07 Å². The first-order valence-electron chi connectivity index (χ1n) is 6.62. The van der Waals surface area contributed by atoms with Crippen molar-refractivity contribution in [2.45, 2.75) is 13.3 Å². The Morgan fingerprint density at radius 1 is 1.15 bits per heavy atom. The standard InChI is InChI=1S/C13H19N5O2/c1-2-11-14-5-6-18(11)12-3-4-15-13(16-12)17(7-9-19)8-10-20/h3-6,19-20H,2,7-10H2,1H3. The number of hydrogen-bond donors (Lipinski definition) is 2. The lowest BCUT2D eigenvalue weighted by atomic mass is 10.4. The van der Waals surface area contributed by atoms with Crippen LogP contribution >= 0.6 is 0 Å². The molecule has 0 aromatic carbocycles. The third kappa shape index (κ3) is 3.12. The molecule has 0 radical (unpaired) electrons. The Morgan fingerprint density at radius 2 is 1.90 bits per heavy atom. The maximum Gasteiger partial charge on any atom is 0.227 e. The predicted molar refractivity (Wildman–Crippen MR) is 74.9 cm³/mol. The van der Waals surface area contributed by atoms with Crippen LogP contribution in [0.3, 0.4) is 0 Å². The number of aliphatic hydroxyl groups excluding tert-OH is 2. The summed E-state index contributed by atoms with van der Waals surface area (Å²) in [5.41, 5.74) is 0. The fourth-order valence-corrected chi connectivity index (χ4v) is 1.98. The molecule has 0 saturated carbocycles. The Kier molecular flexibility index (Phi) is 5.03. The minimum atomic E-state index is -0.0150. The van der Waals surface area contributed by atoms with Crippen LogP contribution in [0.2, 0.25) is 0 Å². The number of nitrogens with zero attached hydrogens (tertiary/aromatic N) is 5. The van der Waals surface area contributed by atoms with E-state index in [0.29, 0.717) is 19.0 Å². The first kappa shape index (κ1) is 14.4. The van der Waals surface area contributed by atoms with E-state index in [0.717, 1.165) is 18.1 Å². The Hall–Kier alpha value is -1.99. The van der Waals surface area contributed by atoms with Gasteiger partial charge in [0.25, 0.3) is 0 Å². The molecule has 2 aromatic heterocycles. The number of imidazole rings is 1. The van der Waals surface area contributed by atoms with E-state index in [1.807, 2.05) is 17.7 Å². The Bertz CT molecular complexity index is 537. The molecule has 108 valence electrons. The molecule has 2 aromatic rings. The molecule has 0 fully saturated rings. The van der Waals surface area contributed by atoms with Crippen molar-refractivity contribution >= 4 is 5.95 Å². The molecule has 7 heteroatoms. The van der Waals surface area contributed by atoms with Crippen LogP contribution in [-0.2, 0) is 6.42 Å². The number of aryl methyl sites for hydroxylation is 1. The zero-order valence-electron chi connectivity index (χ0n) is 11.5. The average Bonchev–Trinajstić information content (AvgIpc) is 2.95. The first-order chi connectivity index (χ1) is 9.80. The van der Waals surface area contributed by atoms with Crippen molar-refractivity contribution in [1.29, 1.82) is 0 Å². The minimum Gasteiger partial charge on any atom is -0.395 e. The average molecular weight is 277 g/mol. The lowest BCUT2D eigenvalue weighted by molar-refractivity contribution is 0.280. The molecule has 2 rings (SSSR count). The van der Waals surface area contributed by atoms with Gasteiger partial charge in [0.15, 0.2) is 0 Å². The third-order valence-electron chi connectivity index (χ3n) is 2.93. The van der Waals surface area contributed by atoms with Crippen LogP contribution in [0, 0.1) is 0 Å². The van der Waals surface area contributed by atoms with Crippen LogP contribution in [0.25, 0.3) is 5.82 Å². The van der Waals surface area contributed by atoms with E-state index in [4.69, 9.17) is 10.2 Å². The van der Waals surface area contributed by atoms with Gasteiger partial charge in [0, 0.05) is 38.1 Å². The topological polar surface area (TPSA) is 87.3 Å². The summed E-state index contributed by atoms with van der Waals surface area (Å²) in [5, 5.41) is 18.1. The zero-order valence-corrected chi connectivity index (χ0v) is 11.5. The fraction of sp³-hybridized carbons (Fsp3) is 0.462. The Morgan fingerprint density at radius 3 is 2.55 bits per heavy atom. The molecular formula is C13H19N5O2. The van der Waals surface area contributed by atoms with Gasteiger partial charge in [0.2, 0.25) is 5.95 Å². The molecule has 2 heterocycles. The Labute approximate surface area is 117 Å². The molecule has 7 nitrogen and oxygen atoms in total. The van der Waals surface area contributed by atoms with Crippen molar-refractivity contribution in [1.82, 2.24) is 19.5 Å². The van der Waals surface area contributed by atoms with Gasteiger partial charge in [-0.3, -0.25) is 4.57 Å². The van der Waals surface area contributed by atoms with Crippen molar-refractivity contribution in [2.75, 3.05) is 31.2 Å². The van der Waals surface area contributed by atoms with E-state index in [-0.39, 0.29) is 13.2 Å². The van der Waals surface area contributed by atoms with E-state index >= 15 is 0 Å². The van der Waals surface area contributed by atoms with Crippen LogP contribution in [0.1, 0.15) is 12.7 Å². The molecular weight excluding hydrogens is 258 g/mol. The summed E-state index contributed by atoms with van der Waals surface area (Å²) in [7, 11) is 0.